The van der Waals surface area contributed by atoms with Crippen LogP contribution in [0.1, 0.15) is 28.3 Å². The lowest BCUT2D eigenvalue weighted by Gasteiger charge is -2.23. The summed E-state index contributed by atoms with van der Waals surface area (Å²) in [6.07, 6.45) is 0. The molecule has 0 aromatic heterocycles. The molecule has 0 spiro atoms. The molecule has 0 saturated heterocycles. The maximum absolute atomic E-state index is 9.07. The zero-order valence-corrected chi connectivity index (χ0v) is 10.9. The van der Waals surface area contributed by atoms with Crippen molar-refractivity contribution in [3.05, 3.63) is 28.3 Å². The van der Waals surface area contributed by atoms with E-state index >= 15 is 0 Å². The van der Waals surface area contributed by atoms with Gasteiger partial charge in [0.15, 0.2) is 0 Å². The van der Waals surface area contributed by atoms with Crippen molar-refractivity contribution in [1.82, 2.24) is 0 Å². The van der Waals surface area contributed by atoms with E-state index in [1.807, 2.05) is 26.8 Å². The molecule has 0 radical (unpaired) electrons. The van der Waals surface area contributed by atoms with E-state index in [-0.39, 0.29) is 12.6 Å². The van der Waals surface area contributed by atoms with Gasteiger partial charge in [0, 0.05) is 12.1 Å². The van der Waals surface area contributed by atoms with Crippen LogP contribution in [0.15, 0.2) is 6.07 Å². The smallest absolute Gasteiger partial charge is 0.124 e. The second kappa shape index (κ2) is 5.49. The summed E-state index contributed by atoms with van der Waals surface area (Å²) >= 11 is 0. The van der Waals surface area contributed by atoms with Crippen LogP contribution in [-0.4, -0.2) is 24.9 Å². The molecule has 2 unspecified atom stereocenters. The van der Waals surface area contributed by atoms with Gasteiger partial charge in [-0.1, -0.05) is 6.07 Å². The molecule has 4 nitrogen and oxygen atoms in total. The van der Waals surface area contributed by atoms with Gasteiger partial charge < -0.3 is 21.3 Å². The van der Waals surface area contributed by atoms with Crippen molar-refractivity contribution in [2.75, 3.05) is 13.7 Å². The van der Waals surface area contributed by atoms with Crippen LogP contribution in [-0.2, 0) is 0 Å². The van der Waals surface area contributed by atoms with Crippen molar-refractivity contribution >= 4 is 0 Å². The van der Waals surface area contributed by atoms with E-state index in [1.54, 1.807) is 7.11 Å². The third-order valence-electron chi connectivity index (χ3n) is 3.30. The normalized spacial score (nSPS) is 14.5. The van der Waals surface area contributed by atoms with E-state index in [9.17, 15) is 0 Å². The Hall–Kier alpha value is -1.10. The summed E-state index contributed by atoms with van der Waals surface area (Å²) in [5.74, 6) is 0.885. The van der Waals surface area contributed by atoms with Gasteiger partial charge in [-0.3, -0.25) is 0 Å². The molecule has 0 aliphatic rings. The molecule has 0 bridgehead atoms. The molecule has 0 aliphatic heterocycles. The maximum Gasteiger partial charge on any atom is 0.124 e. The topological polar surface area (TPSA) is 81.5 Å². The fraction of sp³-hybridized carbons (Fsp3) is 0.538. The molecular formula is C13H22N2O2. The predicted octanol–water partition coefficient (Wildman–Crippen LogP) is 0.940. The molecule has 0 saturated carbocycles. The fourth-order valence-electron chi connectivity index (χ4n) is 2.09. The Bertz CT molecular complexity index is 405. The van der Waals surface area contributed by atoms with E-state index in [0.717, 1.165) is 28.0 Å². The van der Waals surface area contributed by atoms with Crippen LogP contribution in [0, 0.1) is 20.8 Å². The first-order chi connectivity index (χ1) is 7.93. The molecular weight excluding hydrogens is 216 g/mol. The monoisotopic (exact) mass is 238 g/mol. The Morgan fingerprint density at radius 2 is 1.82 bits per heavy atom. The number of aliphatic hydroxyl groups excluding tert-OH is 1. The number of nitrogens with two attached hydrogens (primary N) is 2. The van der Waals surface area contributed by atoms with Crippen LogP contribution in [0.5, 0.6) is 5.75 Å². The van der Waals surface area contributed by atoms with Gasteiger partial charge in [0.2, 0.25) is 0 Å². The zero-order valence-electron chi connectivity index (χ0n) is 10.9. The average molecular weight is 238 g/mol. The Balaban J connectivity index is 3.27. The highest BCUT2D eigenvalue weighted by molar-refractivity contribution is 5.50. The molecule has 1 rings (SSSR count). The minimum absolute atomic E-state index is 0.120. The summed E-state index contributed by atoms with van der Waals surface area (Å²) in [6, 6.07) is 1.19. The van der Waals surface area contributed by atoms with Crippen LogP contribution in [0.3, 0.4) is 0 Å². The van der Waals surface area contributed by atoms with Crippen LogP contribution in [0.25, 0.3) is 0 Å². The number of methoxy groups -OCH3 is 1. The van der Waals surface area contributed by atoms with Crippen molar-refractivity contribution in [3.63, 3.8) is 0 Å². The van der Waals surface area contributed by atoms with Crippen LogP contribution >= 0.6 is 0 Å². The van der Waals surface area contributed by atoms with Crippen LogP contribution in [0.2, 0.25) is 0 Å². The number of ether oxygens (including phenoxy) is 1. The number of aryl methyl sites for hydroxylation is 1. The van der Waals surface area contributed by atoms with Gasteiger partial charge in [-0.25, -0.2) is 0 Å². The van der Waals surface area contributed by atoms with Crippen molar-refractivity contribution < 1.29 is 9.84 Å². The minimum atomic E-state index is -0.444. The fourth-order valence-corrected chi connectivity index (χ4v) is 2.09. The molecule has 0 heterocycles. The molecule has 1 aromatic rings. The number of aliphatic hydroxyl groups is 1. The first-order valence-electron chi connectivity index (χ1n) is 5.70. The Morgan fingerprint density at radius 3 is 2.29 bits per heavy atom. The molecule has 0 aliphatic carbocycles. The molecule has 5 N–H and O–H groups in total. The van der Waals surface area contributed by atoms with E-state index in [0.29, 0.717) is 0 Å². The van der Waals surface area contributed by atoms with Crippen LogP contribution < -0.4 is 16.2 Å². The SMILES string of the molecule is COc1c(C)cc(C(N)C(N)CO)c(C)c1C. The molecule has 2 atom stereocenters. The lowest BCUT2D eigenvalue weighted by atomic mass is 9.91. The second-order valence-corrected chi connectivity index (χ2v) is 4.44. The van der Waals surface area contributed by atoms with E-state index in [1.165, 1.54) is 0 Å². The Labute approximate surface area is 103 Å². The third kappa shape index (κ3) is 2.60. The Morgan fingerprint density at radius 1 is 1.24 bits per heavy atom. The maximum atomic E-state index is 9.07. The summed E-state index contributed by atoms with van der Waals surface area (Å²) < 4.78 is 5.36. The van der Waals surface area contributed by atoms with Gasteiger partial charge in [-0.15, -0.1) is 0 Å². The van der Waals surface area contributed by atoms with Gasteiger partial charge in [-0.05, 0) is 43.0 Å². The van der Waals surface area contributed by atoms with E-state index in [4.69, 9.17) is 21.3 Å². The summed E-state index contributed by atoms with van der Waals surface area (Å²) in [5, 5.41) is 9.07. The lowest BCUT2D eigenvalue weighted by Crippen LogP contribution is -2.37. The van der Waals surface area contributed by atoms with Gasteiger partial charge in [0.05, 0.1) is 13.7 Å². The molecule has 96 valence electrons. The highest BCUT2D eigenvalue weighted by atomic mass is 16.5. The van der Waals surface area contributed by atoms with Gasteiger partial charge in [0.25, 0.3) is 0 Å². The van der Waals surface area contributed by atoms with Gasteiger partial charge >= 0.3 is 0 Å². The third-order valence-corrected chi connectivity index (χ3v) is 3.30. The Kier molecular flexibility index (Phi) is 4.51. The van der Waals surface area contributed by atoms with Crippen molar-refractivity contribution in [2.24, 2.45) is 11.5 Å². The lowest BCUT2D eigenvalue weighted by molar-refractivity contribution is 0.249. The summed E-state index contributed by atoms with van der Waals surface area (Å²) in [7, 11) is 1.66. The summed E-state index contributed by atoms with van der Waals surface area (Å²) in [5.41, 5.74) is 16.0. The average Bonchev–Trinajstić information content (AvgIpc) is 2.32. The van der Waals surface area contributed by atoms with Crippen molar-refractivity contribution in [3.8, 4) is 5.75 Å². The van der Waals surface area contributed by atoms with Crippen molar-refractivity contribution in [2.45, 2.75) is 32.9 Å². The summed E-state index contributed by atoms with van der Waals surface area (Å²) in [4.78, 5) is 0. The highest BCUT2D eigenvalue weighted by Gasteiger charge is 2.19. The molecule has 0 amide bonds. The van der Waals surface area contributed by atoms with E-state index < -0.39 is 6.04 Å². The predicted molar refractivity (Wildman–Crippen MR) is 69.2 cm³/mol. The zero-order chi connectivity index (χ0) is 13.2. The first-order valence-corrected chi connectivity index (χ1v) is 5.70. The molecule has 0 fully saturated rings. The quantitative estimate of drug-likeness (QED) is 0.729. The molecule has 4 heteroatoms. The largest absolute Gasteiger partial charge is 0.496 e. The standard InChI is InChI=1S/C13H22N2O2/c1-7-5-10(12(15)11(14)6-16)8(2)9(3)13(7)17-4/h5,11-12,16H,6,14-15H2,1-4H3. The van der Waals surface area contributed by atoms with E-state index in [2.05, 4.69) is 0 Å². The minimum Gasteiger partial charge on any atom is -0.496 e. The molecule has 17 heavy (non-hydrogen) atoms. The van der Waals surface area contributed by atoms with Crippen LogP contribution in [0.4, 0.5) is 0 Å². The number of benzene rings is 1. The van der Waals surface area contributed by atoms with Gasteiger partial charge in [-0.2, -0.15) is 0 Å². The summed E-state index contributed by atoms with van der Waals surface area (Å²) in [6.45, 7) is 5.86. The number of hydrogen-bond donors (Lipinski definition) is 3. The first kappa shape index (κ1) is 14.0. The number of hydrogen-bond acceptors (Lipinski definition) is 4. The highest BCUT2D eigenvalue weighted by Crippen LogP contribution is 2.31. The van der Waals surface area contributed by atoms with Crippen molar-refractivity contribution in [1.29, 1.82) is 0 Å². The molecule has 1 aromatic carbocycles. The number of rotatable bonds is 4. The van der Waals surface area contributed by atoms with Gasteiger partial charge in [0.1, 0.15) is 5.75 Å². The second-order valence-electron chi connectivity index (χ2n) is 4.44.